The van der Waals surface area contributed by atoms with E-state index in [4.69, 9.17) is 9.40 Å². The lowest BCUT2D eigenvalue weighted by Gasteiger charge is -2.24. The zero-order valence-corrected chi connectivity index (χ0v) is 15.0. The van der Waals surface area contributed by atoms with Gasteiger partial charge in [-0.3, -0.25) is 4.90 Å². The lowest BCUT2D eigenvalue weighted by Crippen LogP contribution is -2.29. The van der Waals surface area contributed by atoms with Crippen molar-refractivity contribution >= 4 is 12.4 Å². The second kappa shape index (κ2) is 8.32. The molecule has 3 nitrogen and oxygen atoms in total. The van der Waals surface area contributed by atoms with Crippen molar-refractivity contribution in [2.45, 2.75) is 25.8 Å². The highest BCUT2D eigenvalue weighted by Crippen LogP contribution is 2.33. The molecule has 0 N–H and O–H groups in total. The maximum atomic E-state index is 6.21. The second-order valence-electron chi connectivity index (χ2n) is 6.35. The summed E-state index contributed by atoms with van der Waals surface area (Å²) < 4.78 is 6.21. The average molecular weight is 355 g/mol. The van der Waals surface area contributed by atoms with E-state index in [0.29, 0.717) is 0 Å². The molecule has 0 spiro atoms. The van der Waals surface area contributed by atoms with Gasteiger partial charge in [0.25, 0.3) is 0 Å². The van der Waals surface area contributed by atoms with Crippen LogP contribution >= 0.6 is 12.4 Å². The smallest absolute Gasteiger partial charge is 0.209 e. The Kier molecular flexibility index (Phi) is 5.90. The first-order chi connectivity index (χ1) is 11.9. The Morgan fingerprint density at radius 2 is 1.40 bits per heavy atom. The van der Waals surface area contributed by atoms with Gasteiger partial charge in [-0.25, -0.2) is 4.98 Å². The van der Waals surface area contributed by atoms with E-state index in [1.165, 1.54) is 19.3 Å². The molecule has 2 aromatic carbocycles. The summed E-state index contributed by atoms with van der Waals surface area (Å²) in [6.45, 7) is 3.08. The summed E-state index contributed by atoms with van der Waals surface area (Å²) in [6, 6.07) is 20.6. The number of oxazole rings is 1. The highest BCUT2D eigenvalue weighted by atomic mass is 35.5. The van der Waals surface area contributed by atoms with Gasteiger partial charge in [-0.05, 0) is 25.9 Å². The third-order valence-corrected chi connectivity index (χ3v) is 4.56. The topological polar surface area (TPSA) is 29.3 Å². The Hall–Kier alpha value is -2.10. The molecule has 25 heavy (non-hydrogen) atoms. The molecule has 3 aromatic rings. The van der Waals surface area contributed by atoms with Crippen molar-refractivity contribution in [3.8, 4) is 22.6 Å². The Morgan fingerprint density at radius 3 is 2.04 bits per heavy atom. The molecular weight excluding hydrogens is 332 g/mol. The van der Waals surface area contributed by atoms with Crippen molar-refractivity contribution in [2.75, 3.05) is 13.1 Å². The van der Waals surface area contributed by atoms with Gasteiger partial charge >= 0.3 is 0 Å². The van der Waals surface area contributed by atoms with Gasteiger partial charge in [0.15, 0.2) is 5.76 Å². The molecule has 4 heteroatoms. The normalized spacial score (nSPS) is 14.9. The monoisotopic (exact) mass is 354 g/mol. The standard InChI is InChI=1S/C21H22N2O.ClH/c1-4-10-17(11-5-1)20-21(18-12-6-2-7-13-18)24-19(22-20)16-23-14-8-3-9-15-23;/h1-2,4-7,10-13H,3,8-9,14-16H2;1H. The maximum Gasteiger partial charge on any atom is 0.209 e. The fourth-order valence-electron chi connectivity index (χ4n) is 3.32. The second-order valence-corrected chi connectivity index (χ2v) is 6.35. The van der Waals surface area contributed by atoms with Gasteiger partial charge in [0, 0.05) is 11.1 Å². The van der Waals surface area contributed by atoms with Gasteiger partial charge in [-0.15, -0.1) is 12.4 Å². The molecule has 130 valence electrons. The van der Waals surface area contributed by atoms with E-state index in [-0.39, 0.29) is 12.4 Å². The van der Waals surface area contributed by atoms with Gasteiger partial charge in [0.05, 0.1) is 6.54 Å². The van der Waals surface area contributed by atoms with Crippen LogP contribution in [0, 0.1) is 0 Å². The van der Waals surface area contributed by atoms with Crippen LogP contribution in [-0.4, -0.2) is 23.0 Å². The van der Waals surface area contributed by atoms with Gasteiger partial charge in [-0.2, -0.15) is 0 Å². The van der Waals surface area contributed by atoms with Crippen LogP contribution in [0.5, 0.6) is 0 Å². The Morgan fingerprint density at radius 1 is 0.800 bits per heavy atom. The van der Waals surface area contributed by atoms with E-state index in [1.807, 2.05) is 36.4 Å². The molecule has 0 saturated carbocycles. The van der Waals surface area contributed by atoms with Crippen LogP contribution in [0.3, 0.4) is 0 Å². The van der Waals surface area contributed by atoms with Gasteiger partial charge in [-0.1, -0.05) is 67.1 Å². The number of halogens is 1. The Labute approximate surface area is 155 Å². The van der Waals surface area contributed by atoms with Gasteiger partial charge < -0.3 is 4.42 Å². The predicted octanol–water partition coefficient (Wildman–Crippen LogP) is 5.42. The minimum atomic E-state index is 0. The molecule has 1 aliphatic heterocycles. The molecular formula is C21H23ClN2O. The lowest BCUT2D eigenvalue weighted by molar-refractivity contribution is 0.202. The van der Waals surface area contributed by atoms with E-state index in [9.17, 15) is 0 Å². The highest BCUT2D eigenvalue weighted by Gasteiger charge is 2.19. The molecule has 0 aliphatic carbocycles. The number of benzene rings is 2. The third-order valence-electron chi connectivity index (χ3n) is 4.56. The van der Waals surface area contributed by atoms with Crippen molar-refractivity contribution in [2.24, 2.45) is 0 Å². The molecule has 0 unspecified atom stereocenters. The quantitative estimate of drug-likeness (QED) is 0.626. The van der Waals surface area contributed by atoms with E-state index in [2.05, 4.69) is 29.2 Å². The molecule has 2 heterocycles. The van der Waals surface area contributed by atoms with Crippen LogP contribution in [0.2, 0.25) is 0 Å². The molecule has 4 rings (SSSR count). The van der Waals surface area contributed by atoms with Crippen molar-refractivity contribution < 1.29 is 4.42 Å². The molecule has 0 atom stereocenters. The average Bonchev–Trinajstić information content (AvgIpc) is 3.08. The van der Waals surface area contributed by atoms with Crippen LogP contribution in [-0.2, 0) is 6.54 Å². The zero-order valence-electron chi connectivity index (χ0n) is 14.2. The minimum Gasteiger partial charge on any atom is -0.439 e. The highest BCUT2D eigenvalue weighted by molar-refractivity contribution is 5.85. The molecule has 1 aliphatic rings. The summed E-state index contributed by atoms with van der Waals surface area (Å²) in [5, 5.41) is 0. The zero-order chi connectivity index (χ0) is 16.2. The van der Waals surface area contributed by atoms with Crippen LogP contribution in [0.1, 0.15) is 25.2 Å². The first kappa shape index (κ1) is 17.7. The van der Waals surface area contributed by atoms with Crippen molar-refractivity contribution in [1.82, 2.24) is 9.88 Å². The molecule has 0 bridgehead atoms. The number of piperidine rings is 1. The number of rotatable bonds is 4. The molecule has 0 radical (unpaired) electrons. The summed E-state index contributed by atoms with van der Waals surface area (Å²) in [7, 11) is 0. The maximum absolute atomic E-state index is 6.21. The fraction of sp³-hybridized carbons (Fsp3) is 0.286. The van der Waals surface area contributed by atoms with E-state index >= 15 is 0 Å². The third kappa shape index (κ3) is 4.12. The lowest BCUT2D eigenvalue weighted by atomic mass is 10.1. The molecule has 1 aromatic heterocycles. The minimum absolute atomic E-state index is 0. The van der Waals surface area contributed by atoms with Crippen LogP contribution in [0.25, 0.3) is 22.6 Å². The SMILES string of the molecule is Cl.c1ccc(-c2nc(CN3CCCCC3)oc2-c2ccccc2)cc1. The molecule has 1 fully saturated rings. The van der Waals surface area contributed by atoms with E-state index < -0.39 is 0 Å². The first-order valence-electron chi connectivity index (χ1n) is 8.73. The van der Waals surface area contributed by atoms with Crippen LogP contribution < -0.4 is 0 Å². The van der Waals surface area contributed by atoms with E-state index in [1.54, 1.807) is 0 Å². The predicted molar refractivity (Wildman–Crippen MR) is 104 cm³/mol. The van der Waals surface area contributed by atoms with Crippen molar-refractivity contribution in [3.05, 3.63) is 66.6 Å². The number of hydrogen-bond acceptors (Lipinski definition) is 3. The largest absolute Gasteiger partial charge is 0.439 e. The van der Waals surface area contributed by atoms with Crippen molar-refractivity contribution in [1.29, 1.82) is 0 Å². The number of nitrogens with zero attached hydrogens (tertiary/aromatic N) is 2. The summed E-state index contributed by atoms with van der Waals surface area (Å²) >= 11 is 0. The van der Waals surface area contributed by atoms with Gasteiger partial charge in [0.1, 0.15) is 5.69 Å². The van der Waals surface area contributed by atoms with Crippen molar-refractivity contribution in [3.63, 3.8) is 0 Å². The summed E-state index contributed by atoms with van der Waals surface area (Å²) in [5.74, 6) is 1.68. The molecule has 1 saturated heterocycles. The van der Waals surface area contributed by atoms with E-state index in [0.717, 1.165) is 48.1 Å². The summed E-state index contributed by atoms with van der Waals surface area (Å²) in [4.78, 5) is 7.29. The Balaban J connectivity index is 0.00000182. The molecule has 0 amide bonds. The fourth-order valence-corrected chi connectivity index (χ4v) is 3.32. The number of likely N-dealkylation sites (tertiary alicyclic amines) is 1. The number of aromatic nitrogens is 1. The summed E-state index contributed by atoms with van der Waals surface area (Å²) in [5.41, 5.74) is 3.12. The van der Waals surface area contributed by atoms with Crippen LogP contribution in [0.15, 0.2) is 65.1 Å². The number of hydrogen-bond donors (Lipinski definition) is 0. The Bertz CT molecular complexity index is 723. The first-order valence-corrected chi connectivity index (χ1v) is 8.73. The van der Waals surface area contributed by atoms with Gasteiger partial charge in [0.2, 0.25) is 5.89 Å². The summed E-state index contributed by atoms with van der Waals surface area (Å²) in [6.07, 6.45) is 3.89. The van der Waals surface area contributed by atoms with Crippen LogP contribution in [0.4, 0.5) is 0 Å².